The van der Waals surface area contributed by atoms with Crippen LogP contribution in [-0.4, -0.2) is 35.4 Å². The summed E-state index contributed by atoms with van der Waals surface area (Å²) >= 11 is 1.62. The van der Waals surface area contributed by atoms with Crippen molar-refractivity contribution in [1.29, 1.82) is 0 Å². The van der Waals surface area contributed by atoms with Crippen LogP contribution in [0.25, 0.3) is 21.3 Å². The Labute approximate surface area is 139 Å². The molecule has 0 aliphatic heterocycles. The minimum absolute atomic E-state index is 0.222. The fraction of sp³-hybridized carbons (Fsp3) is 0.294. The van der Waals surface area contributed by atoms with E-state index in [1.807, 2.05) is 42.9 Å². The van der Waals surface area contributed by atoms with Crippen LogP contribution < -0.4 is 4.74 Å². The summed E-state index contributed by atoms with van der Waals surface area (Å²) in [5.41, 5.74) is 1.05. The third kappa shape index (κ3) is 3.28. The summed E-state index contributed by atoms with van der Waals surface area (Å²) in [7, 11) is 3.38. The van der Waals surface area contributed by atoms with Crippen molar-refractivity contribution in [3.8, 4) is 27.0 Å². The average molecular weight is 329 g/mol. The average Bonchev–Trinajstić information content (AvgIpc) is 3.24. The first kappa shape index (κ1) is 15.7. The Bertz CT molecular complexity index is 782. The molecule has 2 aromatic heterocycles. The maximum absolute atomic E-state index is 5.28. The molecule has 0 unspecified atom stereocenters. The van der Waals surface area contributed by atoms with Gasteiger partial charge >= 0.3 is 0 Å². The molecule has 1 atom stereocenters. The fourth-order valence-electron chi connectivity index (χ4n) is 2.45. The summed E-state index contributed by atoms with van der Waals surface area (Å²) in [4.78, 5) is 10.1. The maximum Gasteiger partial charge on any atom is 0.151 e. The van der Waals surface area contributed by atoms with Gasteiger partial charge in [-0.05, 0) is 19.1 Å². The number of thiazole rings is 1. The van der Waals surface area contributed by atoms with E-state index in [0.717, 1.165) is 27.0 Å². The summed E-state index contributed by atoms with van der Waals surface area (Å²) in [6.07, 6.45) is 5.66. The van der Waals surface area contributed by atoms with Gasteiger partial charge in [0.25, 0.3) is 0 Å². The molecule has 0 spiro atoms. The zero-order valence-corrected chi connectivity index (χ0v) is 14.2. The van der Waals surface area contributed by atoms with Crippen LogP contribution in [-0.2, 0) is 4.74 Å². The molecule has 5 nitrogen and oxygen atoms in total. The predicted octanol–water partition coefficient (Wildman–Crippen LogP) is 3.89. The van der Waals surface area contributed by atoms with E-state index in [1.165, 1.54) is 0 Å². The van der Waals surface area contributed by atoms with Gasteiger partial charge in [0, 0.05) is 31.3 Å². The normalized spacial score (nSPS) is 12.3. The monoisotopic (exact) mass is 329 g/mol. The second-order valence-electron chi connectivity index (χ2n) is 5.22. The van der Waals surface area contributed by atoms with Gasteiger partial charge < -0.3 is 14.0 Å². The Hall–Kier alpha value is -2.18. The van der Waals surface area contributed by atoms with Crippen molar-refractivity contribution in [1.82, 2.24) is 14.5 Å². The van der Waals surface area contributed by atoms with Crippen molar-refractivity contribution in [2.75, 3.05) is 20.8 Å². The fourth-order valence-corrected chi connectivity index (χ4v) is 3.36. The lowest BCUT2D eigenvalue weighted by Gasteiger charge is -2.14. The largest absolute Gasteiger partial charge is 0.497 e. The summed E-state index contributed by atoms with van der Waals surface area (Å²) in [5, 5.41) is 0.952. The van der Waals surface area contributed by atoms with Crippen LogP contribution in [0.5, 0.6) is 5.75 Å². The molecule has 0 radical (unpaired) electrons. The van der Waals surface area contributed by atoms with Crippen LogP contribution in [0.1, 0.15) is 13.0 Å². The van der Waals surface area contributed by atoms with E-state index in [1.54, 1.807) is 25.6 Å². The first-order chi connectivity index (χ1) is 11.2. The molecule has 2 heterocycles. The number of methoxy groups -OCH3 is 2. The number of hydrogen-bond acceptors (Lipinski definition) is 5. The predicted molar refractivity (Wildman–Crippen MR) is 91.9 cm³/mol. The van der Waals surface area contributed by atoms with Gasteiger partial charge in [0.05, 0.1) is 24.6 Å². The second kappa shape index (κ2) is 6.93. The number of rotatable bonds is 6. The van der Waals surface area contributed by atoms with Crippen LogP contribution in [0.15, 0.2) is 42.9 Å². The minimum Gasteiger partial charge on any atom is -0.497 e. The van der Waals surface area contributed by atoms with Crippen LogP contribution >= 0.6 is 11.3 Å². The molecule has 0 saturated heterocycles. The van der Waals surface area contributed by atoms with Gasteiger partial charge in [-0.1, -0.05) is 12.1 Å². The number of aromatic nitrogens is 3. The Morgan fingerprint density at radius 1 is 1.26 bits per heavy atom. The van der Waals surface area contributed by atoms with Crippen LogP contribution in [0.4, 0.5) is 0 Å². The molecule has 0 aliphatic rings. The molecule has 0 bridgehead atoms. The van der Waals surface area contributed by atoms with E-state index in [0.29, 0.717) is 6.61 Å². The van der Waals surface area contributed by atoms with Gasteiger partial charge in [-0.2, -0.15) is 0 Å². The van der Waals surface area contributed by atoms with E-state index < -0.39 is 0 Å². The molecular formula is C17H19N3O2S. The molecule has 23 heavy (non-hydrogen) atoms. The summed E-state index contributed by atoms with van der Waals surface area (Å²) < 4.78 is 12.6. The standard InChI is InChI=1S/C17H19N3O2S/c1-12(11-21-2)20-8-7-18-16(20)15-10-19-17(23-15)13-5-4-6-14(9-13)22-3/h4-10,12H,11H2,1-3H3/t12-/m1/s1. The molecule has 1 aromatic carbocycles. The van der Waals surface area contributed by atoms with Crippen molar-refractivity contribution in [2.45, 2.75) is 13.0 Å². The van der Waals surface area contributed by atoms with Crippen molar-refractivity contribution >= 4 is 11.3 Å². The quantitative estimate of drug-likeness (QED) is 0.688. The zero-order valence-electron chi connectivity index (χ0n) is 13.4. The molecule has 120 valence electrons. The van der Waals surface area contributed by atoms with E-state index in [2.05, 4.69) is 21.5 Å². The maximum atomic E-state index is 5.28. The lowest BCUT2D eigenvalue weighted by atomic mass is 10.2. The lowest BCUT2D eigenvalue weighted by molar-refractivity contribution is 0.163. The first-order valence-corrected chi connectivity index (χ1v) is 8.17. The Morgan fingerprint density at radius 3 is 2.91 bits per heavy atom. The molecule has 0 fully saturated rings. The molecule has 3 aromatic rings. The molecule has 0 aliphatic carbocycles. The topological polar surface area (TPSA) is 49.2 Å². The molecule has 6 heteroatoms. The number of hydrogen-bond donors (Lipinski definition) is 0. The van der Waals surface area contributed by atoms with Crippen LogP contribution in [0, 0.1) is 0 Å². The Kier molecular flexibility index (Phi) is 4.73. The minimum atomic E-state index is 0.222. The molecule has 0 saturated carbocycles. The second-order valence-corrected chi connectivity index (χ2v) is 6.25. The number of nitrogens with zero attached hydrogens (tertiary/aromatic N) is 3. The lowest BCUT2D eigenvalue weighted by Crippen LogP contribution is -2.11. The molecule has 0 N–H and O–H groups in total. The SMILES string of the molecule is COC[C@@H](C)n1ccnc1-c1cnc(-c2cccc(OC)c2)s1. The Morgan fingerprint density at radius 2 is 2.13 bits per heavy atom. The summed E-state index contributed by atoms with van der Waals surface area (Å²) in [6, 6.07) is 8.14. The highest BCUT2D eigenvalue weighted by atomic mass is 32.1. The third-order valence-electron chi connectivity index (χ3n) is 3.59. The summed E-state index contributed by atoms with van der Waals surface area (Å²) in [6.45, 7) is 2.75. The van der Waals surface area contributed by atoms with Gasteiger partial charge in [0.2, 0.25) is 0 Å². The van der Waals surface area contributed by atoms with E-state index in [9.17, 15) is 0 Å². The van der Waals surface area contributed by atoms with Gasteiger partial charge in [-0.3, -0.25) is 0 Å². The molecule has 3 rings (SSSR count). The number of ether oxygens (including phenoxy) is 2. The summed E-state index contributed by atoms with van der Waals surface area (Å²) in [5.74, 6) is 1.75. The van der Waals surface area contributed by atoms with Crippen molar-refractivity contribution < 1.29 is 9.47 Å². The van der Waals surface area contributed by atoms with Crippen LogP contribution in [0.2, 0.25) is 0 Å². The highest BCUT2D eigenvalue weighted by Gasteiger charge is 2.15. The first-order valence-electron chi connectivity index (χ1n) is 7.35. The van der Waals surface area contributed by atoms with Crippen LogP contribution in [0.3, 0.4) is 0 Å². The van der Waals surface area contributed by atoms with Gasteiger partial charge in [-0.15, -0.1) is 11.3 Å². The van der Waals surface area contributed by atoms with E-state index in [-0.39, 0.29) is 6.04 Å². The van der Waals surface area contributed by atoms with Crippen molar-refractivity contribution in [3.05, 3.63) is 42.9 Å². The van der Waals surface area contributed by atoms with E-state index in [4.69, 9.17) is 9.47 Å². The van der Waals surface area contributed by atoms with Gasteiger partial charge in [-0.25, -0.2) is 9.97 Å². The zero-order chi connectivity index (χ0) is 16.2. The smallest absolute Gasteiger partial charge is 0.151 e. The number of imidazole rings is 1. The molecular weight excluding hydrogens is 310 g/mol. The molecule has 0 amide bonds. The van der Waals surface area contributed by atoms with Crippen molar-refractivity contribution in [2.24, 2.45) is 0 Å². The van der Waals surface area contributed by atoms with Gasteiger partial charge in [0.1, 0.15) is 10.8 Å². The highest BCUT2D eigenvalue weighted by Crippen LogP contribution is 2.33. The third-order valence-corrected chi connectivity index (χ3v) is 4.64. The highest BCUT2D eigenvalue weighted by molar-refractivity contribution is 7.18. The number of benzene rings is 1. The van der Waals surface area contributed by atoms with Crippen molar-refractivity contribution in [3.63, 3.8) is 0 Å². The Balaban J connectivity index is 1.92. The van der Waals surface area contributed by atoms with Gasteiger partial charge in [0.15, 0.2) is 5.82 Å². The van der Waals surface area contributed by atoms with E-state index >= 15 is 0 Å².